The summed E-state index contributed by atoms with van der Waals surface area (Å²) in [5, 5.41) is 2.41. The van der Waals surface area contributed by atoms with E-state index in [4.69, 9.17) is 0 Å². The van der Waals surface area contributed by atoms with Crippen LogP contribution in [0.4, 0.5) is 4.39 Å². The van der Waals surface area contributed by atoms with Crippen molar-refractivity contribution >= 4 is 27.9 Å². The molecule has 2 aromatic heterocycles. The number of thiophene rings is 1. The fourth-order valence-electron chi connectivity index (χ4n) is 2.26. The lowest BCUT2D eigenvalue weighted by atomic mass is 10.1. The number of aryl methyl sites for hydroxylation is 1. The average molecular weight is 331 g/mol. The number of hydrogen-bond donors (Lipinski definition) is 1. The van der Waals surface area contributed by atoms with Crippen molar-refractivity contribution in [3.05, 3.63) is 51.6 Å². The van der Waals surface area contributed by atoms with Gasteiger partial charge in [-0.2, -0.15) is 5.43 Å². The number of nitrogens with one attached hydrogen (secondary N) is 1. The van der Waals surface area contributed by atoms with Gasteiger partial charge in [-0.1, -0.05) is 12.1 Å². The summed E-state index contributed by atoms with van der Waals surface area (Å²) >= 11 is 1.41. The first-order chi connectivity index (χ1) is 11.0. The van der Waals surface area contributed by atoms with Crippen molar-refractivity contribution in [2.45, 2.75) is 6.92 Å². The third-order valence-electron chi connectivity index (χ3n) is 3.38. The minimum absolute atomic E-state index is 0.175. The summed E-state index contributed by atoms with van der Waals surface area (Å²) in [7, 11) is 3.71. The molecule has 0 bridgehead atoms. The molecule has 1 aromatic carbocycles. The fraction of sp³-hybridized carbons (Fsp3) is 0.188. The van der Waals surface area contributed by atoms with Gasteiger partial charge in [0, 0.05) is 10.9 Å². The number of hydrogen-bond acceptors (Lipinski definition) is 3. The second-order valence-corrected chi connectivity index (χ2v) is 6.22. The SMILES string of the molecule is Cc1nc2scc(-c3ccc(F)cc3)c2c(=O)n1NC=[N+](C)C. The number of nitrogens with zero attached hydrogens (tertiary/aromatic N) is 3. The molecule has 23 heavy (non-hydrogen) atoms. The Bertz CT molecular complexity index is 953. The van der Waals surface area contributed by atoms with Gasteiger partial charge in [-0.3, -0.25) is 9.37 Å². The van der Waals surface area contributed by atoms with Crippen molar-refractivity contribution in [1.29, 1.82) is 0 Å². The monoisotopic (exact) mass is 331 g/mol. The lowest BCUT2D eigenvalue weighted by Gasteiger charge is -2.05. The van der Waals surface area contributed by atoms with Gasteiger partial charge in [0.05, 0.1) is 19.5 Å². The highest BCUT2D eigenvalue weighted by Crippen LogP contribution is 2.30. The summed E-state index contributed by atoms with van der Waals surface area (Å²) < 4.78 is 16.3. The van der Waals surface area contributed by atoms with Gasteiger partial charge in [0.25, 0.3) is 11.9 Å². The molecule has 3 aromatic rings. The molecule has 0 radical (unpaired) electrons. The van der Waals surface area contributed by atoms with Gasteiger partial charge in [0.1, 0.15) is 10.6 Å². The highest BCUT2D eigenvalue weighted by atomic mass is 32.1. The molecule has 0 fully saturated rings. The topological polar surface area (TPSA) is 49.9 Å². The second kappa shape index (κ2) is 5.92. The smallest absolute Gasteiger partial charge is 0.272 e. The van der Waals surface area contributed by atoms with E-state index in [9.17, 15) is 9.18 Å². The molecule has 1 N–H and O–H groups in total. The molecule has 118 valence electrons. The normalized spacial score (nSPS) is 10.8. The summed E-state index contributed by atoms with van der Waals surface area (Å²) in [6.07, 6.45) is 1.67. The van der Waals surface area contributed by atoms with Gasteiger partial charge in [0.15, 0.2) is 5.82 Å². The molecule has 0 aliphatic rings. The van der Waals surface area contributed by atoms with Crippen LogP contribution in [0.3, 0.4) is 0 Å². The maximum Gasteiger partial charge on any atom is 0.298 e. The molecule has 0 saturated heterocycles. The van der Waals surface area contributed by atoms with Crippen LogP contribution in [-0.2, 0) is 0 Å². The number of aromatic nitrogens is 2. The average Bonchev–Trinajstić information content (AvgIpc) is 2.91. The Morgan fingerprint density at radius 2 is 2.00 bits per heavy atom. The molecule has 0 saturated carbocycles. The third-order valence-corrected chi connectivity index (χ3v) is 4.25. The van der Waals surface area contributed by atoms with E-state index in [-0.39, 0.29) is 11.4 Å². The molecule has 5 nitrogen and oxygen atoms in total. The first-order valence-corrected chi connectivity index (χ1v) is 7.88. The van der Waals surface area contributed by atoms with Crippen molar-refractivity contribution in [3.8, 4) is 11.1 Å². The number of benzene rings is 1. The van der Waals surface area contributed by atoms with E-state index < -0.39 is 0 Å². The Morgan fingerprint density at radius 1 is 1.30 bits per heavy atom. The molecule has 0 spiro atoms. The van der Waals surface area contributed by atoms with Crippen LogP contribution in [0.2, 0.25) is 0 Å². The summed E-state index contributed by atoms with van der Waals surface area (Å²) in [5.41, 5.74) is 4.32. The zero-order valence-electron chi connectivity index (χ0n) is 13.0. The first kappa shape index (κ1) is 15.4. The van der Waals surface area contributed by atoms with E-state index in [0.717, 1.165) is 11.1 Å². The van der Waals surface area contributed by atoms with Crippen molar-refractivity contribution in [3.63, 3.8) is 0 Å². The Morgan fingerprint density at radius 3 is 2.65 bits per heavy atom. The quantitative estimate of drug-likeness (QED) is 0.455. The van der Waals surface area contributed by atoms with Gasteiger partial charge in [-0.05, 0) is 24.6 Å². The van der Waals surface area contributed by atoms with Crippen LogP contribution in [-0.4, -0.2) is 34.7 Å². The zero-order chi connectivity index (χ0) is 16.6. The maximum atomic E-state index is 13.1. The van der Waals surface area contributed by atoms with Gasteiger partial charge >= 0.3 is 0 Å². The summed E-state index contributed by atoms with van der Waals surface area (Å²) in [6.45, 7) is 1.77. The Balaban J connectivity index is 2.22. The first-order valence-electron chi connectivity index (χ1n) is 7.00. The molecule has 2 heterocycles. The fourth-order valence-corrected chi connectivity index (χ4v) is 3.24. The minimum Gasteiger partial charge on any atom is -0.272 e. The van der Waals surface area contributed by atoms with Crippen LogP contribution in [0.1, 0.15) is 5.82 Å². The lowest BCUT2D eigenvalue weighted by Crippen LogP contribution is -2.32. The molecular weight excluding hydrogens is 315 g/mol. The van der Waals surface area contributed by atoms with E-state index in [0.29, 0.717) is 16.0 Å². The van der Waals surface area contributed by atoms with Crippen LogP contribution in [0, 0.1) is 12.7 Å². The van der Waals surface area contributed by atoms with Crippen LogP contribution < -0.4 is 11.0 Å². The third kappa shape index (κ3) is 2.87. The van der Waals surface area contributed by atoms with E-state index in [1.807, 2.05) is 19.5 Å². The molecule has 0 atom stereocenters. The Labute approximate surface area is 136 Å². The van der Waals surface area contributed by atoms with E-state index >= 15 is 0 Å². The van der Waals surface area contributed by atoms with Crippen molar-refractivity contribution < 1.29 is 8.97 Å². The van der Waals surface area contributed by atoms with Crippen molar-refractivity contribution in [1.82, 2.24) is 9.66 Å². The number of rotatable bonds is 3. The summed E-state index contributed by atoms with van der Waals surface area (Å²) in [5.74, 6) is 0.273. The molecule has 0 aliphatic heterocycles. The number of halogens is 1. The van der Waals surface area contributed by atoms with E-state index in [2.05, 4.69) is 10.4 Å². The van der Waals surface area contributed by atoms with Gasteiger partial charge < -0.3 is 0 Å². The molecule has 0 unspecified atom stereocenters. The maximum absolute atomic E-state index is 13.1. The Kier molecular flexibility index (Phi) is 3.96. The highest BCUT2D eigenvalue weighted by Gasteiger charge is 2.16. The van der Waals surface area contributed by atoms with Crippen molar-refractivity contribution in [2.75, 3.05) is 19.5 Å². The summed E-state index contributed by atoms with van der Waals surface area (Å²) in [6, 6.07) is 6.10. The van der Waals surface area contributed by atoms with Gasteiger partial charge in [-0.25, -0.2) is 9.37 Å². The van der Waals surface area contributed by atoms with Gasteiger partial charge in [0.2, 0.25) is 0 Å². The molecule has 0 aliphatic carbocycles. The summed E-state index contributed by atoms with van der Waals surface area (Å²) in [4.78, 5) is 18.0. The minimum atomic E-state index is -0.304. The highest BCUT2D eigenvalue weighted by molar-refractivity contribution is 7.17. The lowest BCUT2D eigenvalue weighted by molar-refractivity contribution is -0.459. The molecule has 3 rings (SSSR count). The van der Waals surface area contributed by atoms with E-state index in [1.54, 1.807) is 30.0 Å². The molecule has 0 amide bonds. The van der Waals surface area contributed by atoms with Crippen LogP contribution in [0.25, 0.3) is 21.3 Å². The van der Waals surface area contributed by atoms with Crippen LogP contribution in [0.5, 0.6) is 0 Å². The van der Waals surface area contributed by atoms with E-state index in [1.165, 1.54) is 28.1 Å². The predicted molar refractivity (Wildman–Crippen MR) is 91.5 cm³/mol. The molecular formula is C16H16FN4OS+. The second-order valence-electron chi connectivity index (χ2n) is 5.36. The van der Waals surface area contributed by atoms with Crippen LogP contribution in [0.15, 0.2) is 34.4 Å². The Hall–Kier alpha value is -2.54. The van der Waals surface area contributed by atoms with Crippen LogP contribution >= 0.6 is 11.3 Å². The number of fused-ring (bicyclic) bond motifs is 1. The van der Waals surface area contributed by atoms with Crippen molar-refractivity contribution in [2.24, 2.45) is 0 Å². The molecule has 7 heteroatoms. The standard InChI is InChI=1S/C16H15FN4OS/c1-10-19-15-14(16(22)21(10)18-9-20(2)3)13(8-23-15)11-4-6-12(17)7-5-11/h4-9H,1-3H3/p+1. The predicted octanol–water partition coefficient (Wildman–Crippen LogP) is 2.42. The largest absolute Gasteiger partial charge is 0.298 e. The zero-order valence-corrected chi connectivity index (χ0v) is 13.8. The van der Waals surface area contributed by atoms with Gasteiger partial charge in [-0.15, -0.1) is 16.0 Å².